The maximum absolute atomic E-state index is 5.74. The minimum absolute atomic E-state index is 0.115. The molecule has 0 saturated heterocycles. The molecule has 4 N–H and O–H groups in total. The molecule has 19 heavy (non-hydrogen) atoms. The highest BCUT2D eigenvalue weighted by Crippen LogP contribution is 2.40. The zero-order valence-corrected chi connectivity index (χ0v) is 10.9. The Labute approximate surface area is 109 Å². The van der Waals surface area contributed by atoms with E-state index in [1.54, 1.807) is 12.1 Å². The first-order valence-electron chi connectivity index (χ1n) is 5.38. The number of nitrogen functional groups attached to an aromatic ring is 2. The molecule has 2 rings (SSSR count). The van der Waals surface area contributed by atoms with E-state index in [0.29, 0.717) is 28.6 Å². The summed E-state index contributed by atoms with van der Waals surface area (Å²) in [5.41, 5.74) is 6.21. The Bertz CT molecular complexity index is 571. The number of benzene rings is 1. The van der Waals surface area contributed by atoms with Crippen LogP contribution in [0.5, 0.6) is 17.2 Å². The molecule has 0 radical (unpaired) electrons. The number of hydrogen-bond donors (Lipinski definition) is 2. The lowest BCUT2D eigenvalue weighted by Gasteiger charge is -2.13. The monoisotopic (exact) mass is 265 g/mol. The Morgan fingerprint density at radius 3 is 1.95 bits per heavy atom. The number of aromatic nitrogens is 3. The highest BCUT2D eigenvalue weighted by molar-refractivity contribution is 5.67. The molecule has 0 fully saturated rings. The summed E-state index contributed by atoms with van der Waals surface area (Å²) in [6.45, 7) is 0. The van der Waals surface area contributed by atoms with Crippen LogP contribution < -0.4 is 25.8 Å². The average Bonchev–Trinajstić information content (AvgIpc) is 2.77. The Morgan fingerprint density at radius 2 is 1.58 bits per heavy atom. The predicted octanol–water partition coefficient (Wildman–Crippen LogP) is 0.267. The number of ether oxygens (including phenoxy) is 3. The molecule has 1 heterocycles. The topological polar surface area (TPSA) is 110 Å². The van der Waals surface area contributed by atoms with Gasteiger partial charge in [-0.1, -0.05) is 0 Å². The van der Waals surface area contributed by atoms with Gasteiger partial charge in [0, 0.05) is 5.56 Å². The summed E-state index contributed by atoms with van der Waals surface area (Å²) in [4.78, 5) is 0. The Balaban J connectivity index is 2.62. The first-order valence-corrected chi connectivity index (χ1v) is 5.38. The normalized spacial score (nSPS) is 10.3. The second kappa shape index (κ2) is 4.92. The highest BCUT2D eigenvalue weighted by atomic mass is 16.5. The highest BCUT2D eigenvalue weighted by Gasteiger charge is 2.17. The molecule has 0 amide bonds. The van der Waals surface area contributed by atoms with Gasteiger partial charge in [-0.2, -0.15) is 0 Å². The summed E-state index contributed by atoms with van der Waals surface area (Å²) in [7, 11) is 4.59. The summed E-state index contributed by atoms with van der Waals surface area (Å²) >= 11 is 0. The summed E-state index contributed by atoms with van der Waals surface area (Å²) < 4.78 is 16.9. The molecule has 0 atom stereocenters. The van der Waals surface area contributed by atoms with Crippen molar-refractivity contribution in [3.63, 3.8) is 0 Å². The molecule has 0 unspecified atom stereocenters. The largest absolute Gasteiger partial charge is 0.493 e. The lowest BCUT2D eigenvalue weighted by molar-refractivity contribution is 0.324. The first-order chi connectivity index (χ1) is 9.12. The molecule has 0 spiro atoms. The molecule has 0 aliphatic carbocycles. The second-order valence-electron chi connectivity index (χ2n) is 3.67. The first kappa shape index (κ1) is 12.8. The molecular formula is C11H15N5O3. The standard InChI is InChI=1S/C11H15N5O3/c1-17-7-4-6(5-8(18-2)9(7)19-3)10-14-15-11(12)16(10)13/h4-5H,13H2,1-3H3,(H2,12,15). The summed E-state index contributed by atoms with van der Waals surface area (Å²) in [5.74, 6) is 7.74. The fraction of sp³-hybridized carbons (Fsp3) is 0.273. The van der Waals surface area contributed by atoms with Gasteiger partial charge in [-0.3, -0.25) is 0 Å². The minimum atomic E-state index is 0.115. The van der Waals surface area contributed by atoms with Crippen molar-refractivity contribution in [2.24, 2.45) is 0 Å². The lowest BCUT2D eigenvalue weighted by atomic mass is 10.1. The molecular weight excluding hydrogens is 250 g/mol. The van der Waals surface area contributed by atoms with Crippen molar-refractivity contribution < 1.29 is 14.2 Å². The average molecular weight is 265 g/mol. The van der Waals surface area contributed by atoms with Gasteiger partial charge in [-0.05, 0) is 12.1 Å². The zero-order chi connectivity index (χ0) is 14.0. The van der Waals surface area contributed by atoms with Gasteiger partial charge >= 0.3 is 0 Å². The summed E-state index contributed by atoms with van der Waals surface area (Å²) in [6, 6.07) is 3.43. The molecule has 2 aromatic rings. The van der Waals surface area contributed by atoms with Crippen LogP contribution in [-0.2, 0) is 0 Å². The molecule has 1 aromatic heterocycles. The minimum Gasteiger partial charge on any atom is -0.493 e. The Hall–Kier alpha value is -2.64. The Kier molecular flexibility index (Phi) is 3.32. The lowest BCUT2D eigenvalue weighted by Crippen LogP contribution is -2.13. The fourth-order valence-corrected chi connectivity index (χ4v) is 1.71. The van der Waals surface area contributed by atoms with Crippen molar-refractivity contribution in [3.05, 3.63) is 12.1 Å². The molecule has 8 heteroatoms. The number of nitrogens with zero attached hydrogens (tertiary/aromatic N) is 3. The van der Waals surface area contributed by atoms with Gasteiger partial charge in [0.05, 0.1) is 21.3 Å². The second-order valence-corrected chi connectivity index (χ2v) is 3.67. The van der Waals surface area contributed by atoms with Crippen molar-refractivity contribution in [3.8, 4) is 28.6 Å². The molecule has 0 saturated carbocycles. The van der Waals surface area contributed by atoms with Crippen LogP contribution in [-0.4, -0.2) is 36.2 Å². The summed E-state index contributed by atoms with van der Waals surface area (Å²) in [6.07, 6.45) is 0. The number of methoxy groups -OCH3 is 3. The van der Waals surface area contributed by atoms with Crippen LogP contribution in [0, 0.1) is 0 Å². The van der Waals surface area contributed by atoms with E-state index in [0.717, 1.165) is 0 Å². The molecule has 1 aromatic carbocycles. The van der Waals surface area contributed by atoms with E-state index in [1.165, 1.54) is 26.0 Å². The van der Waals surface area contributed by atoms with Gasteiger partial charge in [0.15, 0.2) is 17.3 Å². The fourth-order valence-electron chi connectivity index (χ4n) is 1.71. The van der Waals surface area contributed by atoms with E-state index in [-0.39, 0.29) is 5.95 Å². The van der Waals surface area contributed by atoms with Crippen molar-refractivity contribution >= 4 is 5.95 Å². The molecule has 102 valence electrons. The van der Waals surface area contributed by atoms with E-state index < -0.39 is 0 Å². The predicted molar refractivity (Wildman–Crippen MR) is 69.7 cm³/mol. The van der Waals surface area contributed by atoms with Crippen LogP contribution in [0.25, 0.3) is 11.4 Å². The van der Waals surface area contributed by atoms with Crippen LogP contribution in [0.2, 0.25) is 0 Å². The number of anilines is 1. The van der Waals surface area contributed by atoms with Gasteiger partial charge < -0.3 is 25.8 Å². The van der Waals surface area contributed by atoms with Crippen molar-refractivity contribution in [2.75, 3.05) is 32.9 Å². The number of nitrogens with two attached hydrogens (primary N) is 2. The number of rotatable bonds is 4. The van der Waals surface area contributed by atoms with E-state index in [2.05, 4.69) is 10.2 Å². The van der Waals surface area contributed by atoms with Gasteiger partial charge in [-0.15, -0.1) is 10.2 Å². The van der Waals surface area contributed by atoms with Crippen LogP contribution >= 0.6 is 0 Å². The SMILES string of the molecule is COc1cc(-c2nnc(N)n2N)cc(OC)c1OC. The number of hydrogen-bond acceptors (Lipinski definition) is 7. The van der Waals surface area contributed by atoms with Crippen molar-refractivity contribution in [1.82, 2.24) is 14.9 Å². The van der Waals surface area contributed by atoms with Crippen LogP contribution in [0.15, 0.2) is 12.1 Å². The van der Waals surface area contributed by atoms with E-state index >= 15 is 0 Å². The van der Waals surface area contributed by atoms with Gasteiger partial charge in [-0.25, -0.2) is 4.68 Å². The summed E-state index contributed by atoms with van der Waals surface area (Å²) in [5, 5.41) is 7.60. The third-order valence-electron chi connectivity index (χ3n) is 2.65. The van der Waals surface area contributed by atoms with E-state index in [9.17, 15) is 0 Å². The maximum atomic E-state index is 5.74. The van der Waals surface area contributed by atoms with E-state index in [1.807, 2.05) is 0 Å². The quantitative estimate of drug-likeness (QED) is 0.763. The smallest absolute Gasteiger partial charge is 0.241 e. The maximum Gasteiger partial charge on any atom is 0.241 e. The zero-order valence-electron chi connectivity index (χ0n) is 10.9. The molecule has 0 aliphatic rings. The van der Waals surface area contributed by atoms with Gasteiger partial charge in [0.25, 0.3) is 0 Å². The molecule has 8 nitrogen and oxygen atoms in total. The molecule has 0 aliphatic heterocycles. The third kappa shape index (κ3) is 2.07. The van der Waals surface area contributed by atoms with Crippen molar-refractivity contribution in [2.45, 2.75) is 0 Å². The molecule has 0 bridgehead atoms. The van der Waals surface area contributed by atoms with Crippen molar-refractivity contribution in [1.29, 1.82) is 0 Å². The van der Waals surface area contributed by atoms with E-state index in [4.69, 9.17) is 25.8 Å². The van der Waals surface area contributed by atoms with Gasteiger partial charge in [0.2, 0.25) is 11.7 Å². The third-order valence-corrected chi connectivity index (χ3v) is 2.65. The van der Waals surface area contributed by atoms with Gasteiger partial charge in [0.1, 0.15) is 0 Å². The van der Waals surface area contributed by atoms with Crippen LogP contribution in [0.1, 0.15) is 0 Å². The van der Waals surface area contributed by atoms with Crippen LogP contribution in [0.4, 0.5) is 5.95 Å². The van der Waals surface area contributed by atoms with Crippen LogP contribution in [0.3, 0.4) is 0 Å². The Morgan fingerprint density at radius 1 is 1.00 bits per heavy atom.